The van der Waals surface area contributed by atoms with Gasteiger partial charge in [-0.05, 0) is 50.4 Å². The minimum Gasteiger partial charge on any atom is -0.444 e. The van der Waals surface area contributed by atoms with E-state index in [2.05, 4.69) is 15.3 Å². The lowest BCUT2D eigenvalue weighted by atomic mass is 10.1. The van der Waals surface area contributed by atoms with E-state index in [0.29, 0.717) is 17.7 Å². The third-order valence-electron chi connectivity index (χ3n) is 2.24. The van der Waals surface area contributed by atoms with Crippen LogP contribution in [-0.4, -0.2) is 18.2 Å². The Morgan fingerprint density at radius 1 is 1.50 bits per heavy atom. The molecule has 1 N–H and O–H groups in total. The van der Waals surface area contributed by atoms with Crippen molar-refractivity contribution in [3.05, 3.63) is 40.0 Å². The molecule has 6 nitrogen and oxygen atoms in total. The molecule has 1 aromatic rings. The Morgan fingerprint density at radius 3 is 2.75 bits per heavy atom. The van der Waals surface area contributed by atoms with Crippen LogP contribution in [0, 0.1) is 5.82 Å². The van der Waals surface area contributed by atoms with E-state index in [4.69, 9.17) is 10.3 Å². The van der Waals surface area contributed by atoms with E-state index in [1.165, 1.54) is 12.1 Å². The molecule has 1 amide bonds. The van der Waals surface area contributed by atoms with E-state index in [1.54, 1.807) is 26.8 Å². The predicted molar refractivity (Wildman–Crippen MR) is 74.0 cm³/mol. The van der Waals surface area contributed by atoms with Crippen LogP contribution in [0.4, 0.5) is 14.9 Å². The summed E-state index contributed by atoms with van der Waals surface area (Å²) in [5, 5.41) is 5.79. The lowest BCUT2D eigenvalue weighted by Gasteiger charge is -2.19. The summed E-state index contributed by atoms with van der Waals surface area (Å²) in [6.45, 7) is 5.41. The van der Waals surface area contributed by atoms with Crippen LogP contribution < -0.4 is 5.32 Å². The van der Waals surface area contributed by atoms with E-state index < -0.39 is 17.5 Å². The van der Waals surface area contributed by atoms with Gasteiger partial charge in [0, 0.05) is 17.1 Å². The van der Waals surface area contributed by atoms with Gasteiger partial charge in [0.1, 0.15) is 11.4 Å². The minimum absolute atomic E-state index is 0.187. The number of halogens is 1. The molecule has 20 heavy (non-hydrogen) atoms. The van der Waals surface area contributed by atoms with E-state index in [-0.39, 0.29) is 6.54 Å². The molecule has 0 aliphatic rings. The third kappa shape index (κ3) is 5.58. The first kappa shape index (κ1) is 15.8. The zero-order chi connectivity index (χ0) is 15.2. The average Bonchev–Trinajstić information content (AvgIpc) is 2.29. The lowest BCUT2D eigenvalue weighted by molar-refractivity contribution is 0.0636. The monoisotopic (exact) mass is 280 g/mol. The average molecular weight is 280 g/mol. The number of carbonyl (C=O) groups is 1. The third-order valence-corrected chi connectivity index (χ3v) is 2.24. The summed E-state index contributed by atoms with van der Waals surface area (Å²) >= 11 is 0. The van der Waals surface area contributed by atoms with Gasteiger partial charge in [-0.25, -0.2) is 9.18 Å². The van der Waals surface area contributed by atoms with Crippen molar-refractivity contribution in [1.29, 1.82) is 0 Å². The Morgan fingerprint density at radius 2 is 2.20 bits per heavy atom. The normalized spacial score (nSPS) is 10.6. The molecule has 0 saturated carbocycles. The Bertz CT molecular complexity index is 534. The summed E-state index contributed by atoms with van der Waals surface area (Å²) in [6, 6.07) is 4.31. The number of hydrogen-bond acceptors (Lipinski definition) is 3. The fourth-order valence-corrected chi connectivity index (χ4v) is 1.46. The van der Waals surface area contributed by atoms with Gasteiger partial charge >= 0.3 is 6.09 Å². The number of benzene rings is 1. The molecule has 0 fully saturated rings. The molecule has 0 atom stereocenters. The second-order valence-electron chi connectivity index (χ2n) is 5.14. The van der Waals surface area contributed by atoms with Crippen LogP contribution in [0.1, 0.15) is 26.3 Å². The summed E-state index contributed by atoms with van der Waals surface area (Å²) < 4.78 is 18.8. The van der Waals surface area contributed by atoms with Crippen molar-refractivity contribution >= 4 is 11.8 Å². The molecule has 108 valence electrons. The first-order valence-corrected chi connectivity index (χ1v) is 6.11. The molecule has 1 aromatic carbocycles. The molecular formula is C13H17FN4O2. The number of carbonyl (C=O) groups excluding carboxylic acids is 1. The van der Waals surface area contributed by atoms with E-state index >= 15 is 0 Å². The molecule has 0 saturated heterocycles. The van der Waals surface area contributed by atoms with Crippen molar-refractivity contribution in [2.45, 2.75) is 32.8 Å². The van der Waals surface area contributed by atoms with Gasteiger partial charge in [0.25, 0.3) is 0 Å². The van der Waals surface area contributed by atoms with Gasteiger partial charge in [0.2, 0.25) is 0 Å². The molecule has 0 radical (unpaired) electrons. The van der Waals surface area contributed by atoms with E-state index in [0.717, 1.165) is 0 Å². The zero-order valence-corrected chi connectivity index (χ0v) is 11.7. The lowest BCUT2D eigenvalue weighted by Crippen LogP contribution is -2.27. The van der Waals surface area contributed by atoms with Gasteiger partial charge in [-0.2, -0.15) is 0 Å². The Kier molecular flexibility index (Phi) is 5.34. The first-order valence-electron chi connectivity index (χ1n) is 6.11. The summed E-state index contributed by atoms with van der Waals surface area (Å²) in [5.41, 5.74) is 8.27. The van der Waals surface area contributed by atoms with E-state index in [1.807, 2.05) is 0 Å². The van der Waals surface area contributed by atoms with Gasteiger partial charge in [0.15, 0.2) is 0 Å². The second-order valence-corrected chi connectivity index (χ2v) is 5.14. The van der Waals surface area contributed by atoms with Crippen LogP contribution in [0.2, 0.25) is 0 Å². The number of ether oxygens (including phenoxy) is 1. The van der Waals surface area contributed by atoms with Crippen LogP contribution in [0.5, 0.6) is 0 Å². The van der Waals surface area contributed by atoms with Crippen LogP contribution in [-0.2, 0) is 11.2 Å². The van der Waals surface area contributed by atoms with Crippen molar-refractivity contribution in [2.24, 2.45) is 5.11 Å². The Balaban J connectivity index is 2.67. The smallest absolute Gasteiger partial charge is 0.412 e. The maximum absolute atomic E-state index is 13.7. The van der Waals surface area contributed by atoms with Crippen LogP contribution in [0.15, 0.2) is 23.3 Å². The summed E-state index contributed by atoms with van der Waals surface area (Å²) in [7, 11) is 0. The summed E-state index contributed by atoms with van der Waals surface area (Å²) in [6.07, 6.45) is -0.332. The summed E-state index contributed by atoms with van der Waals surface area (Å²) in [4.78, 5) is 14.1. The molecule has 0 unspecified atom stereocenters. The minimum atomic E-state index is -0.640. The highest BCUT2D eigenvalue weighted by molar-refractivity contribution is 5.84. The molecule has 0 aliphatic carbocycles. The number of amides is 1. The van der Waals surface area contributed by atoms with Crippen LogP contribution in [0.25, 0.3) is 10.4 Å². The fraction of sp³-hybridized carbons (Fsp3) is 0.462. The highest BCUT2D eigenvalue weighted by Gasteiger charge is 2.16. The molecule has 1 rings (SSSR count). The first-order chi connectivity index (χ1) is 9.31. The SMILES string of the molecule is CC(C)(C)OC(=O)Nc1ccc(CCN=[N+]=[N-])c(F)c1. The van der Waals surface area contributed by atoms with E-state index in [9.17, 15) is 9.18 Å². The largest absolute Gasteiger partial charge is 0.444 e. The standard InChI is InChI=1S/C13H17FN4O2/c1-13(2,3)20-12(19)17-10-5-4-9(11(14)8-10)6-7-16-18-15/h4-5,8H,6-7H2,1-3H3,(H,17,19). The van der Waals surface area contributed by atoms with Crippen molar-refractivity contribution in [2.75, 3.05) is 11.9 Å². The predicted octanol–water partition coefficient (Wildman–Crippen LogP) is 4.03. The highest BCUT2D eigenvalue weighted by Crippen LogP contribution is 2.16. The van der Waals surface area contributed by atoms with Gasteiger partial charge in [-0.3, -0.25) is 5.32 Å². The van der Waals surface area contributed by atoms with Crippen molar-refractivity contribution in [3.63, 3.8) is 0 Å². The molecule has 0 bridgehead atoms. The van der Waals surface area contributed by atoms with Gasteiger partial charge < -0.3 is 4.74 Å². The maximum Gasteiger partial charge on any atom is 0.412 e. The van der Waals surface area contributed by atoms with Crippen LogP contribution in [0.3, 0.4) is 0 Å². The number of nitrogens with zero attached hydrogens (tertiary/aromatic N) is 3. The molecule has 7 heteroatoms. The van der Waals surface area contributed by atoms with Gasteiger partial charge in [-0.1, -0.05) is 11.2 Å². The number of hydrogen-bond donors (Lipinski definition) is 1. The van der Waals surface area contributed by atoms with Crippen molar-refractivity contribution in [1.82, 2.24) is 0 Å². The molecule has 0 heterocycles. The van der Waals surface area contributed by atoms with Gasteiger partial charge in [0.05, 0.1) is 0 Å². The second kappa shape index (κ2) is 6.77. The summed E-state index contributed by atoms with van der Waals surface area (Å²) in [5.74, 6) is -0.466. The molecular weight excluding hydrogens is 263 g/mol. The Hall–Kier alpha value is -2.27. The number of nitrogens with one attached hydrogen (secondary N) is 1. The molecule has 0 aliphatic heterocycles. The van der Waals surface area contributed by atoms with Crippen LogP contribution >= 0.6 is 0 Å². The van der Waals surface area contributed by atoms with Crippen molar-refractivity contribution < 1.29 is 13.9 Å². The maximum atomic E-state index is 13.7. The number of rotatable bonds is 4. The highest BCUT2D eigenvalue weighted by atomic mass is 19.1. The number of azide groups is 1. The quantitative estimate of drug-likeness (QED) is 0.512. The Labute approximate surface area is 116 Å². The zero-order valence-electron chi connectivity index (χ0n) is 11.7. The topological polar surface area (TPSA) is 87.1 Å². The molecule has 0 aromatic heterocycles. The van der Waals surface area contributed by atoms with Gasteiger partial charge in [-0.15, -0.1) is 0 Å². The fourth-order valence-electron chi connectivity index (χ4n) is 1.46. The van der Waals surface area contributed by atoms with Crippen molar-refractivity contribution in [3.8, 4) is 0 Å². The number of anilines is 1. The molecule has 0 spiro atoms.